The quantitative estimate of drug-likeness (QED) is 0.0819. The number of halogens is 16. The minimum absolute atomic E-state index is 0.694. The molecule has 0 aromatic heterocycles. The summed E-state index contributed by atoms with van der Waals surface area (Å²) in [5.74, 6) is -46.9. The number of carbonyl (C=O) groups is 2. The van der Waals surface area contributed by atoms with E-state index in [9.17, 15) is 79.8 Å². The van der Waals surface area contributed by atoms with Crippen LogP contribution in [0.4, 0.5) is 70.2 Å². The van der Waals surface area contributed by atoms with Gasteiger partial charge in [0.05, 0.1) is 18.5 Å². The van der Waals surface area contributed by atoms with Gasteiger partial charge in [-0.2, -0.15) is 52.7 Å². The van der Waals surface area contributed by atoms with Gasteiger partial charge in [0.25, 0.3) is 0 Å². The molecule has 0 aliphatic carbocycles. The van der Waals surface area contributed by atoms with Gasteiger partial charge in [-0.1, -0.05) is 5.04 Å². The largest absolute Gasteiger partial charge is 0.459 e. The fraction of sp³-hybridized carbons (Fsp3) is 0.857. The Morgan fingerprint density at radius 3 is 1.63 bits per heavy atom. The number of ether oxygens (including phenoxy) is 2. The first-order valence-electron chi connectivity index (χ1n) is 8.62. The molecule has 0 aromatic rings. The molecule has 0 heterocycles. The van der Waals surface area contributed by atoms with Gasteiger partial charge in [-0.25, -0.2) is 22.8 Å². The Morgan fingerprint density at radius 1 is 0.711 bits per heavy atom. The maximum atomic E-state index is 13.7. The predicted molar refractivity (Wildman–Crippen MR) is 84.4 cm³/mol. The first kappa shape index (κ1) is 36.0. The average molecular weight is 626 g/mol. The summed E-state index contributed by atoms with van der Waals surface area (Å²) in [6, 6.07) is 0. The lowest BCUT2D eigenvalue weighted by atomic mass is 9.94. The molecular weight excluding hydrogens is 616 g/mol. The number of carbonyl (C=O) groups excluding carboxylic acids is 2. The van der Waals surface area contributed by atoms with Crippen molar-refractivity contribution in [3.05, 3.63) is 0 Å². The maximum Gasteiger partial charge on any atom is 0.384 e. The zero-order chi connectivity index (χ0) is 30.5. The van der Waals surface area contributed by atoms with Crippen LogP contribution in [0.25, 0.3) is 0 Å². The van der Waals surface area contributed by atoms with Gasteiger partial charge in [0.15, 0.2) is 13.2 Å². The lowest BCUT2D eigenvalue weighted by molar-refractivity contribution is -0.432. The topological polar surface area (TPSA) is 91.3 Å². The number of hydrogen-bond acceptors (Lipinski definition) is 8. The molecule has 7 nitrogen and oxygen atoms in total. The Bertz CT molecular complexity index is 809. The van der Waals surface area contributed by atoms with Crippen LogP contribution in [-0.2, 0) is 28.4 Å². The van der Waals surface area contributed by atoms with Crippen LogP contribution in [0.1, 0.15) is 6.42 Å². The van der Waals surface area contributed by atoms with E-state index < -0.39 is 97.3 Å². The van der Waals surface area contributed by atoms with Gasteiger partial charge in [-0.3, -0.25) is 9.59 Å². The molecule has 0 amide bonds. The first-order chi connectivity index (χ1) is 16.8. The standard InChI is InChI=1S/C14H10F16O7S/c15-7(16)9(19,20)2-34-5(31)1-4(38-37-36-33)6(32)35-3-10(21,22)12(25,26)14(29,30)13(27,28)11(23,24)8(17)18/h4,7-8,33H,1-3H2. The van der Waals surface area contributed by atoms with E-state index in [2.05, 4.69) is 18.8 Å². The summed E-state index contributed by atoms with van der Waals surface area (Å²) in [4.78, 5) is 23.1. The first-order valence-corrected chi connectivity index (χ1v) is 9.43. The highest BCUT2D eigenvalue weighted by molar-refractivity contribution is 7.95. The molecule has 0 rings (SSSR count). The normalized spacial score (nSPS) is 15.1. The van der Waals surface area contributed by atoms with Crippen molar-refractivity contribution in [1.82, 2.24) is 0 Å². The molecule has 0 aromatic carbocycles. The van der Waals surface area contributed by atoms with Crippen molar-refractivity contribution in [2.24, 2.45) is 0 Å². The number of hydrogen-bond donors (Lipinski definition) is 1. The summed E-state index contributed by atoms with van der Waals surface area (Å²) in [6.45, 7) is -5.75. The van der Waals surface area contributed by atoms with Crippen molar-refractivity contribution in [2.75, 3.05) is 13.2 Å². The fourth-order valence-corrected chi connectivity index (χ4v) is 2.27. The molecule has 38 heavy (non-hydrogen) atoms. The molecule has 0 fully saturated rings. The Balaban J connectivity index is 5.69. The SMILES string of the molecule is O=C(CC(SOOO)C(=O)OCC(F)(F)C(F)(F)C(F)(F)C(F)(F)C(F)(F)C(F)F)OCC(F)(F)C(F)F. The molecule has 1 N–H and O–H groups in total. The molecule has 0 bridgehead atoms. The van der Waals surface area contributed by atoms with Crippen molar-refractivity contribution >= 4 is 24.0 Å². The third kappa shape index (κ3) is 7.58. The molecule has 0 saturated carbocycles. The zero-order valence-corrected chi connectivity index (χ0v) is 18.0. The minimum atomic E-state index is -7.93. The van der Waals surface area contributed by atoms with Gasteiger partial charge < -0.3 is 9.47 Å². The summed E-state index contributed by atoms with van der Waals surface area (Å²) in [5.41, 5.74) is 0. The van der Waals surface area contributed by atoms with Crippen molar-refractivity contribution in [3.8, 4) is 0 Å². The van der Waals surface area contributed by atoms with Gasteiger partial charge in [0, 0.05) is 0 Å². The van der Waals surface area contributed by atoms with Crippen molar-refractivity contribution in [1.29, 1.82) is 0 Å². The molecule has 0 spiro atoms. The van der Waals surface area contributed by atoms with Crippen LogP contribution in [0.15, 0.2) is 0 Å². The van der Waals surface area contributed by atoms with Crippen LogP contribution in [0, 0.1) is 0 Å². The zero-order valence-electron chi connectivity index (χ0n) is 17.2. The molecule has 24 heteroatoms. The van der Waals surface area contributed by atoms with Crippen LogP contribution in [0.3, 0.4) is 0 Å². The highest BCUT2D eigenvalue weighted by atomic mass is 32.2. The third-order valence-electron chi connectivity index (χ3n) is 3.88. The fourth-order valence-electron chi connectivity index (χ4n) is 1.79. The predicted octanol–water partition coefficient (Wildman–Crippen LogP) is 5.24. The molecule has 1 unspecified atom stereocenters. The van der Waals surface area contributed by atoms with Gasteiger partial charge in [-0.05, 0) is 0 Å². The van der Waals surface area contributed by atoms with Crippen molar-refractivity contribution < 1.29 is 104 Å². The second-order valence-electron chi connectivity index (χ2n) is 6.61. The van der Waals surface area contributed by atoms with E-state index in [1.165, 1.54) is 0 Å². The lowest BCUT2D eigenvalue weighted by Crippen LogP contribution is -2.69. The van der Waals surface area contributed by atoms with Crippen LogP contribution >= 0.6 is 12.0 Å². The molecule has 0 radical (unpaired) electrons. The van der Waals surface area contributed by atoms with E-state index in [0.717, 1.165) is 0 Å². The lowest BCUT2D eigenvalue weighted by Gasteiger charge is -2.38. The van der Waals surface area contributed by atoms with E-state index >= 15 is 0 Å². The molecule has 226 valence electrons. The molecular formula is C14H10F16O7S. The number of esters is 2. The number of alkyl halides is 16. The molecule has 0 aliphatic rings. The Kier molecular flexibility index (Phi) is 11.8. The van der Waals surface area contributed by atoms with Gasteiger partial charge in [0.1, 0.15) is 5.25 Å². The summed E-state index contributed by atoms with van der Waals surface area (Å²) in [5, 5.41) is 8.22. The van der Waals surface area contributed by atoms with Gasteiger partial charge >= 0.3 is 60.3 Å². The molecule has 1 atom stereocenters. The second-order valence-corrected chi connectivity index (χ2v) is 7.51. The van der Waals surface area contributed by atoms with E-state index in [1.807, 2.05) is 0 Å². The monoisotopic (exact) mass is 626 g/mol. The van der Waals surface area contributed by atoms with E-state index in [0.29, 0.717) is 0 Å². The Morgan fingerprint density at radius 2 is 1.21 bits per heavy atom. The second kappa shape index (κ2) is 12.5. The number of rotatable bonds is 16. The van der Waals surface area contributed by atoms with Crippen LogP contribution in [0.2, 0.25) is 0 Å². The van der Waals surface area contributed by atoms with E-state index in [-0.39, 0.29) is 0 Å². The highest BCUT2D eigenvalue weighted by Crippen LogP contribution is 2.58. The van der Waals surface area contributed by atoms with Gasteiger partial charge in [-0.15, -0.1) is 4.33 Å². The van der Waals surface area contributed by atoms with E-state index in [1.54, 1.807) is 0 Å². The molecule has 0 saturated heterocycles. The highest BCUT2D eigenvalue weighted by Gasteiger charge is 2.87. The Hall–Kier alpha value is -1.95. The van der Waals surface area contributed by atoms with Crippen molar-refractivity contribution in [2.45, 2.75) is 60.1 Å². The maximum absolute atomic E-state index is 13.7. The Labute approximate surface area is 202 Å². The summed E-state index contributed by atoms with van der Waals surface area (Å²) >= 11 is -0.694. The summed E-state index contributed by atoms with van der Waals surface area (Å²) < 4.78 is 217. The average Bonchev–Trinajstić information content (AvgIpc) is 2.78. The minimum Gasteiger partial charge on any atom is -0.459 e. The smallest absolute Gasteiger partial charge is 0.384 e. The van der Waals surface area contributed by atoms with E-state index in [4.69, 9.17) is 5.26 Å². The van der Waals surface area contributed by atoms with Gasteiger partial charge in [0.2, 0.25) is 0 Å². The van der Waals surface area contributed by atoms with Crippen LogP contribution in [-0.4, -0.2) is 84.0 Å². The summed E-state index contributed by atoms with van der Waals surface area (Å²) in [7, 11) is 0. The third-order valence-corrected chi connectivity index (χ3v) is 4.61. The van der Waals surface area contributed by atoms with Crippen LogP contribution < -0.4 is 0 Å². The van der Waals surface area contributed by atoms with Crippen LogP contribution in [0.5, 0.6) is 0 Å². The van der Waals surface area contributed by atoms with Crippen molar-refractivity contribution in [3.63, 3.8) is 0 Å². The summed E-state index contributed by atoms with van der Waals surface area (Å²) in [6.07, 6.45) is -11.9. The molecule has 0 aliphatic heterocycles.